The predicted octanol–water partition coefficient (Wildman–Crippen LogP) is 0.736. The second-order valence-corrected chi connectivity index (χ2v) is 12.6. The van der Waals surface area contributed by atoms with E-state index in [2.05, 4.69) is 131 Å². The molecule has 2 aromatic heterocycles. The molecule has 4 heterocycles. The van der Waals surface area contributed by atoms with E-state index in [1.54, 1.807) is 0 Å². The Morgan fingerprint density at radius 3 is 1.36 bits per heavy atom. The van der Waals surface area contributed by atoms with Gasteiger partial charge in [0.2, 0.25) is 0 Å². The Balaban J connectivity index is 0.00000221. The summed E-state index contributed by atoms with van der Waals surface area (Å²) in [4.78, 5) is 4.98. The molecule has 0 N–H and O–H groups in total. The maximum atomic E-state index is 2.49. The minimum absolute atomic E-state index is 0. The van der Waals surface area contributed by atoms with Crippen LogP contribution in [0.25, 0.3) is 11.1 Å². The van der Waals surface area contributed by atoms with Gasteiger partial charge in [-0.2, -0.15) is 0 Å². The van der Waals surface area contributed by atoms with Crippen molar-refractivity contribution < 1.29 is 43.1 Å². The first kappa shape index (κ1) is 34.5. The normalized spacial score (nSPS) is 18.6. The van der Waals surface area contributed by atoms with E-state index in [1.807, 2.05) is 0 Å². The molecule has 4 nitrogen and oxygen atoms in total. The minimum Gasteiger partial charge on any atom is -1.00 e. The Hall–Kier alpha value is -2.38. The van der Waals surface area contributed by atoms with Crippen molar-refractivity contribution in [3.05, 3.63) is 120 Å². The van der Waals surface area contributed by atoms with Crippen LogP contribution >= 0.6 is 0 Å². The van der Waals surface area contributed by atoms with Crippen molar-refractivity contribution in [2.24, 2.45) is 0 Å². The molecule has 0 spiro atoms. The van der Waals surface area contributed by atoms with Crippen LogP contribution in [0.15, 0.2) is 97.6 Å². The zero-order chi connectivity index (χ0) is 28.7. The second-order valence-electron chi connectivity index (χ2n) is 12.6. The third-order valence-electron chi connectivity index (χ3n) is 9.58. The molecule has 2 saturated heterocycles. The molecule has 0 radical (unpaired) electrons. The topological polar surface area (TPSA) is 14.2 Å². The average Bonchev–Trinajstić information content (AvgIpc) is 3.66. The quantitative estimate of drug-likeness (QED) is 0.213. The van der Waals surface area contributed by atoms with Crippen LogP contribution in [0.3, 0.4) is 0 Å². The fraction of sp³-hybridized carbons (Fsp3) is 0.421. The number of hydrogen-bond donors (Lipinski definition) is 0. The molecular weight excluding hydrogens is 672 g/mol. The number of rotatable bonds is 11. The third-order valence-corrected chi connectivity index (χ3v) is 9.58. The molecule has 2 aromatic carbocycles. The summed E-state index contributed by atoms with van der Waals surface area (Å²) in [6.45, 7) is 4.56. The number of nitrogens with zero attached hydrogens (tertiary/aromatic N) is 4. The molecule has 0 aliphatic carbocycles. The van der Waals surface area contributed by atoms with E-state index < -0.39 is 0 Å². The van der Waals surface area contributed by atoms with E-state index in [9.17, 15) is 0 Å². The first-order valence-corrected chi connectivity index (χ1v) is 16.2. The second kappa shape index (κ2) is 16.8. The van der Waals surface area contributed by atoms with Gasteiger partial charge in [0.1, 0.15) is 13.1 Å². The highest BCUT2D eigenvalue weighted by Gasteiger charge is 2.25. The summed E-state index contributed by atoms with van der Waals surface area (Å²) in [7, 11) is 4.51. The number of aryl methyl sites for hydroxylation is 4. The van der Waals surface area contributed by atoms with Gasteiger partial charge >= 0.3 is 0 Å². The third kappa shape index (κ3) is 8.87. The molecule has 44 heavy (non-hydrogen) atoms. The summed E-state index contributed by atoms with van der Waals surface area (Å²) in [6.07, 6.45) is 18.9. The Bertz CT molecular complexity index is 1330. The van der Waals surface area contributed by atoms with Crippen molar-refractivity contribution in [3.63, 3.8) is 0 Å². The lowest BCUT2D eigenvalue weighted by Gasteiger charge is -2.18. The summed E-state index contributed by atoms with van der Waals surface area (Å²) in [5.41, 5.74) is 8.37. The molecule has 4 aromatic rings. The molecular formula is C38H48Br2N4. The Morgan fingerprint density at radius 1 is 0.591 bits per heavy atom. The highest BCUT2D eigenvalue weighted by Crippen LogP contribution is 2.30. The van der Waals surface area contributed by atoms with E-state index >= 15 is 0 Å². The smallest absolute Gasteiger partial charge is 0.173 e. The Kier molecular flexibility index (Phi) is 13.2. The lowest BCUT2D eigenvalue weighted by Crippen LogP contribution is -3.00. The summed E-state index contributed by atoms with van der Waals surface area (Å²) < 4.78 is 4.75. The van der Waals surface area contributed by atoms with Gasteiger partial charge in [0.05, 0.1) is 0 Å². The number of likely N-dealkylation sites (tertiary alicyclic amines) is 2. The number of aromatic nitrogens is 2. The van der Waals surface area contributed by atoms with Crippen molar-refractivity contribution in [2.45, 2.75) is 76.5 Å². The van der Waals surface area contributed by atoms with Crippen LogP contribution in [-0.4, -0.2) is 37.0 Å². The molecule has 0 amide bonds. The number of hydrogen-bond acceptors (Lipinski definition) is 2. The summed E-state index contributed by atoms with van der Waals surface area (Å²) in [6, 6.07) is 28.6. The lowest BCUT2D eigenvalue weighted by molar-refractivity contribution is -0.697. The van der Waals surface area contributed by atoms with Gasteiger partial charge < -0.3 is 34.0 Å². The highest BCUT2D eigenvalue weighted by molar-refractivity contribution is 5.64. The van der Waals surface area contributed by atoms with Crippen LogP contribution in [0.5, 0.6) is 0 Å². The summed E-state index contributed by atoms with van der Waals surface area (Å²) in [5.74, 6) is 0. The van der Waals surface area contributed by atoms with Gasteiger partial charge in [-0.05, 0) is 100 Å². The first-order chi connectivity index (χ1) is 20.6. The van der Waals surface area contributed by atoms with Gasteiger partial charge in [-0.25, -0.2) is 9.13 Å². The van der Waals surface area contributed by atoms with Crippen LogP contribution < -0.4 is 43.1 Å². The van der Waals surface area contributed by atoms with Gasteiger partial charge in [0, 0.05) is 48.2 Å². The molecule has 0 bridgehead atoms. The number of halogens is 2. The molecule has 2 atom stereocenters. The minimum atomic E-state index is 0. The average molecular weight is 721 g/mol. The van der Waals surface area contributed by atoms with Crippen molar-refractivity contribution in [2.75, 3.05) is 27.2 Å². The molecule has 2 aliphatic rings. The monoisotopic (exact) mass is 718 g/mol. The van der Waals surface area contributed by atoms with Crippen LogP contribution in [-0.2, 0) is 25.9 Å². The van der Waals surface area contributed by atoms with Gasteiger partial charge in [-0.1, -0.05) is 48.5 Å². The van der Waals surface area contributed by atoms with E-state index in [-0.39, 0.29) is 34.0 Å². The molecule has 6 rings (SSSR count). The molecule has 234 valence electrons. The van der Waals surface area contributed by atoms with Gasteiger partial charge in [-0.15, -0.1) is 0 Å². The van der Waals surface area contributed by atoms with Crippen molar-refractivity contribution in [3.8, 4) is 11.1 Å². The molecule has 0 unspecified atom stereocenters. The van der Waals surface area contributed by atoms with E-state index in [0.717, 1.165) is 38.8 Å². The molecule has 2 aliphatic heterocycles. The van der Waals surface area contributed by atoms with Crippen LogP contribution in [0.4, 0.5) is 0 Å². The molecule has 2 fully saturated rings. The van der Waals surface area contributed by atoms with Crippen molar-refractivity contribution in [1.82, 2.24) is 9.80 Å². The maximum Gasteiger partial charge on any atom is 0.173 e. The van der Waals surface area contributed by atoms with Crippen LogP contribution in [0.1, 0.15) is 72.9 Å². The van der Waals surface area contributed by atoms with E-state index in [4.69, 9.17) is 0 Å². The maximum absolute atomic E-state index is 2.49. The molecule has 6 heteroatoms. The Labute approximate surface area is 286 Å². The zero-order valence-corrected chi connectivity index (χ0v) is 29.6. The highest BCUT2D eigenvalue weighted by atomic mass is 79.9. The zero-order valence-electron chi connectivity index (χ0n) is 26.4. The van der Waals surface area contributed by atoms with Gasteiger partial charge in [0.25, 0.3) is 0 Å². The predicted molar refractivity (Wildman–Crippen MR) is 171 cm³/mol. The van der Waals surface area contributed by atoms with Crippen molar-refractivity contribution >= 4 is 0 Å². The van der Waals surface area contributed by atoms with E-state index in [1.165, 1.54) is 72.2 Å². The fourth-order valence-corrected chi connectivity index (χ4v) is 7.08. The number of pyridine rings is 2. The van der Waals surface area contributed by atoms with E-state index in [0.29, 0.717) is 12.1 Å². The largest absolute Gasteiger partial charge is 1.00 e. The van der Waals surface area contributed by atoms with Gasteiger partial charge in [-0.3, -0.25) is 9.80 Å². The SMILES string of the molecule is CN1CCC[C@@H]1c1ccc[n+](CCCc2ccc(-c3ccc(CCC[n+]4cccc([C@H]5CCCN5C)c4)cc3)cc2)c1.[Br-].[Br-]. The number of benzene rings is 2. The van der Waals surface area contributed by atoms with Crippen LogP contribution in [0, 0.1) is 0 Å². The summed E-state index contributed by atoms with van der Waals surface area (Å²) >= 11 is 0. The van der Waals surface area contributed by atoms with Gasteiger partial charge in [0.15, 0.2) is 24.8 Å². The fourth-order valence-electron chi connectivity index (χ4n) is 7.08. The standard InChI is InChI=1S/C38H48N4.2BrH/c1-39-23-7-13-37(39)35-11-5-27-41(29-35)25-3-9-31-15-19-33(20-16-31)34-21-17-32(18-22-34)10-4-26-42-28-6-12-36(30-42)38-14-8-24-40(38)2;;/h5-6,11-12,15-22,27-30,37-38H,3-4,7-10,13-14,23-26H2,1-2H3;2*1H/q+2;;/p-2/t37-,38-;;/m1../s1. The summed E-state index contributed by atoms with van der Waals surface area (Å²) in [5, 5.41) is 0. The first-order valence-electron chi connectivity index (χ1n) is 16.2. The Morgan fingerprint density at radius 2 is 1.00 bits per heavy atom. The molecule has 0 saturated carbocycles. The lowest BCUT2D eigenvalue weighted by atomic mass is 10.00. The van der Waals surface area contributed by atoms with Crippen molar-refractivity contribution in [1.29, 1.82) is 0 Å². The van der Waals surface area contributed by atoms with Crippen LogP contribution in [0.2, 0.25) is 0 Å².